The minimum absolute atomic E-state index is 0.0489. The SMILES string of the molecule is Cc1ccc(S(=O)(=O)NC(CCC(=O)O)C(=O)O)cc1C. The normalized spacial score (nSPS) is 12.9. The molecule has 116 valence electrons. The molecule has 7 nitrogen and oxygen atoms in total. The Morgan fingerprint density at radius 1 is 1.19 bits per heavy atom. The zero-order chi connectivity index (χ0) is 16.2. The van der Waals surface area contributed by atoms with Crippen LogP contribution in [0, 0.1) is 13.8 Å². The van der Waals surface area contributed by atoms with E-state index in [-0.39, 0.29) is 11.3 Å². The molecule has 8 heteroatoms. The van der Waals surface area contributed by atoms with E-state index in [1.807, 2.05) is 11.6 Å². The fourth-order valence-electron chi connectivity index (χ4n) is 1.64. The Morgan fingerprint density at radius 3 is 2.29 bits per heavy atom. The molecule has 1 unspecified atom stereocenters. The lowest BCUT2D eigenvalue weighted by atomic mass is 10.1. The van der Waals surface area contributed by atoms with Crippen molar-refractivity contribution in [3.8, 4) is 0 Å². The highest BCUT2D eigenvalue weighted by molar-refractivity contribution is 7.89. The monoisotopic (exact) mass is 315 g/mol. The van der Waals surface area contributed by atoms with E-state index < -0.39 is 34.4 Å². The number of carbonyl (C=O) groups is 2. The number of rotatable bonds is 7. The molecular weight excluding hydrogens is 298 g/mol. The quantitative estimate of drug-likeness (QED) is 0.687. The van der Waals surface area contributed by atoms with Gasteiger partial charge in [-0.05, 0) is 43.5 Å². The maximum atomic E-state index is 12.1. The van der Waals surface area contributed by atoms with Crippen molar-refractivity contribution in [2.24, 2.45) is 0 Å². The van der Waals surface area contributed by atoms with Crippen LogP contribution in [0.2, 0.25) is 0 Å². The molecule has 0 aromatic heterocycles. The van der Waals surface area contributed by atoms with Gasteiger partial charge in [0, 0.05) is 6.42 Å². The molecule has 0 radical (unpaired) electrons. The van der Waals surface area contributed by atoms with Gasteiger partial charge in [0.25, 0.3) is 0 Å². The largest absolute Gasteiger partial charge is 0.481 e. The topological polar surface area (TPSA) is 121 Å². The molecule has 21 heavy (non-hydrogen) atoms. The molecule has 1 rings (SSSR count). The number of carboxylic acids is 2. The molecule has 0 heterocycles. The summed E-state index contributed by atoms with van der Waals surface area (Å²) in [7, 11) is -4.02. The first-order chi connectivity index (χ1) is 9.63. The van der Waals surface area contributed by atoms with E-state index in [1.165, 1.54) is 12.1 Å². The van der Waals surface area contributed by atoms with E-state index in [1.54, 1.807) is 13.0 Å². The van der Waals surface area contributed by atoms with Crippen LogP contribution in [0.15, 0.2) is 23.1 Å². The van der Waals surface area contributed by atoms with Gasteiger partial charge < -0.3 is 10.2 Å². The summed E-state index contributed by atoms with van der Waals surface area (Å²) in [4.78, 5) is 21.4. The van der Waals surface area contributed by atoms with Crippen LogP contribution in [-0.2, 0) is 19.6 Å². The highest BCUT2D eigenvalue weighted by Crippen LogP contribution is 2.15. The van der Waals surface area contributed by atoms with Gasteiger partial charge in [0.2, 0.25) is 10.0 Å². The summed E-state index contributed by atoms with van der Waals surface area (Å²) in [6.45, 7) is 3.57. The summed E-state index contributed by atoms with van der Waals surface area (Å²) in [5.41, 5.74) is 1.67. The van der Waals surface area contributed by atoms with E-state index in [9.17, 15) is 18.0 Å². The van der Waals surface area contributed by atoms with Gasteiger partial charge in [0.05, 0.1) is 4.90 Å². The molecule has 0 aliphatic rings. The fourth-order valence-corrected chi connectivity index (χ4v) is 2.95. The highest BCUT2D eigenvalue weighted by Gasteiger charge is 2.26. The second-order valence-electron chi connectivity index (χ2n) is 4.69. The highest BCUT2D eigenvalue weighted by atomic mass is 32.2. The number of nitrogens with one attached hydrogen (secondary N) is 1. The molecule has 0 aliphatic heterocycles. The first kappa shape index (κ1) is 17.1. The number of benzene rings is 1. The Labute approximate surface area is 122 Å². The lowest BCUT2D eigenvalue weighted by molar-refractivity contribution is -0.140. The maximum absolute atomic E-state index is 12.1. The standard InChI is InChI=1S/C13H17NO6S/c1-8-3-4-10(7-9(8)2)21(19,20)14-11(13(17)18)5-6-12(15)16/h3-4,7,11,14H,5-6H2,1-2H3,(H,15,16)(H,17,18). The van der Waals surface area contributed by atoms with Crippen molar-refractivity contribution in [1.29, 1.82) is 0 Å². The van der Waals surface area contributed by atoms with Gasteiger partial charge in [-0.1, -0.05) is 6.07 Å². The van der Waals surface area contributed by atoms with Crippen molar-refractivity contribution >= 4 is 22.0 Å². The Hall–Kier alpha value is -1.93. The molecule has 0 amide bonds. The summed E-state index contributed by atoms with van der Waals surface area (Å²) in [5.74, 6) is -2.60. The van der Waals surface area contributed by atoms with Crippen LogP contribution < -0.4 is 4.72 Å². The van der Waals surface area contributed by atoms with Gasteiger partial charge in [-0.2, -0.15) is 4.72 Å². The second kappa shape index (κ2) is 6.68. The van der Waals surface area contributed by atoms with E-state index in [0.29, 0.717) is 0 Å². The number of sulfonamides is 1. The van der Waals surface area contributed by atoms with Crippen LogP contribution in [-0.4, -0.2) is 36.6 Å². The molecule has 0 bridgehead atoms. The molecule has 1 aromatic rings. The minimum Gasteiger partial charge on any atom is -0.481 e. The number of hydrogen-bond acceptors (Lipinski definition) is 4. The number of hydrogen-bond donors (Lipinski definition) is 3. The van der Waals surface area contributed by atoms with Crippen LogP contribution in [0.1, 0.15) is 24.0 Å². The smallest absolute Gasteiger partial charge is 0.321 e. The molecule has 0 saturated heterocycles. The van der Waals surface area contributed by atoms with Gasteiger partial charge in [0.1, 0.15) is 6.04 Å². The van der Waals surface area contributed by atoms with Crippen molar-refractivity contribution < 1.29 is 28.2 Å². The predicted octanol–water partition coefficient (Wildman–Crippen LogP) is 0.900. The third-order valence-electron chi connectivity index (χ3n) is 3.03. The Bertz CT molecular complexity index is 653. The Morgan fingerprint density at radius 2 is 1.81 bits per heavy atom. The lowest BCUT2D eigenvalue weighted by Gasteiger charge is -2.14. The zero-order valence-electron chi connectivity index (χ0n) is 11.7. The van der Waals surface area contributed by atoms with Crippen molar-refractivity contribution in [3.63, 3.8) is 0 Å². The molecule has 0 spiro atoms. The van der Waals surface area contributed by atoms with Crippen molar-refractivity contribution in [3.05, 3.63) is 29.3 Å². The van der Waals surface area contributed by atoms with Crippen LogP contribution in [0.4, 0.5) is 0 Å². The molecule has 1 aromatic carbocycles. The minimum atomic E-state index is -4.02. The summed E-state index contributed by atoms with van der Waals surface area (Å²) in [5, 5.41) is 17.5. The Kier molecular flexibility index (Phi) is 5.45. The fraction of sp³-hybridized carbons (Fsp3) is 0.385. The van der Waals surface area contributed by atoms with Crippen LogP contribution >= 0.6 is 0 Å². The first-order valence-corrected chi connectivity index (χ1v) is 7.66. The first-order valence-electron chi connectivity index (χ1n) is 6.17. The zero-order valence-corrected chi connectivity index (χ0v) is 12.5. The van der Waals surface area contributed by atoms with E-state index in [2.05, 4.69) is 0 Å². The predicted molar refractivity (Wildman–Crippen MR) is 74.5 cm³/mol. The van der Waals surface area contributed by atoms with E-state index >= 15 is 0 Å². The van der Waals surface area contributed by atoms with Crippen LogP contribution in [0.5, 0.6) is 0 Å². The van der Waals surface area contributed by atoms with Crippen LogP contribution in [0.3, 0.4) is 0 Å². The molecular formula is C13H17NO6S. The van der Waals surface area contributed by atoms with Gasteiger partial charge >= 0.3 is 11.9 Å². The van der Waals surface area contributed by atoms with Crippen molar-refractivity contribution in [2.45, 2.75) is 37.6 Å². The average Bonchev–Trinajstić information content (AvgIpc) is 2.37. The van der Waals surface area contributed by atoms with Gasteiger partial charge in [-0.15, -0.1) is 0 Å². The summed E-state index contributed by atoms with van der Waals surface area (Å²) < 4.78 is 26.3. The van der Waals surface area contributed by atoms with Gasteiger partial charge in [-0.25, -0.2) is 8.42 Å². The average molecular weight is 315 g/mol. The molecule has 0 aliphatic carbocycles. The third kappa shape index (κ3) is 4.83. The number of aliphatic carboxylic acids is 2. The Balaban J connectivity index is 2.97. The molecule has 0 saturated carbocycles. The molecule has 0 fully saturated rings. The van der Waals surface area contributed by atoms with Crippen molar-refractivity contribution in [2.75, 3.05) is 0 Å². The summed E-state index contributed by atoms with van der Waals surface area (Å²) >= 11 is 0. The van der Waals surface area contributed by atoms with Gasteiger partial charge in [-0.3, -0.25) is 9.59 Å². The lowest BCUT2D eigenvalue weighted by Crippen LogP contribution is -2.41. The summed E-state index contributed by atoms with van der Waals surface area (Å²) in [6, 6.07) is 2.96. The third-order valence-corrected chi connectivity index (χ3v) is 4.50. The van der Waals surface area contributed by atoms with Gasteiger partial charge in [0.15, 0.2) is 0 Å². The van der Waals surface area contributed by atoms with E-state index in [0.717, 1.165) is 11.1 Å². The maximum Gasteiger partial charge on any atom is 0.321 e. The second-order valence-corrected chi connectivity index (χ2v) is 6.40. The van der Waals surface area contributed by atoms with E-state index in [4.69, 9.17) is 10.2 Å². The van der Waals surface area contributed by atoms with Crippen LogP contribution in [0.25, 0.3) is 0 Å². The molecule has 3 N–H and O–H groups in total. The van der Waals surface area contributed by atoms with Crippen molar-refractivity contribution in [1.82, 2.24) is 4.72 Å². The molecule has 1 atom stereocenters. The number of carboxylic acid groups (broad SMARTS) is 2. The summed E-state index contributed by atoms with van der Waals surface area (Å²) in [6.07, 6.45) is -0.763. The number of aryl methyl sites for hydroxylation is 2.